The fourth-order valence-electron chi connectivity index (χ4n) is 2.65. The fraction of sp³-hybridized carbons (Fsp3) is 0.588. The van der Waals surface area contributed by atoms with Crippen LogP contribution in [0.5, 0.6) is 0 Å². The Kier molecular flexibility index (Phi) is 5.58. The van der Waals surface area contributed by atoms with Crippen molar-refractivity contribution >= 4 is 0 Å². The molecule has 0 saturated heterocycles. The predicted octanol–water partition coefficient (Wildman–Crippen LogP) is 3.22. The third-order valence-corrected chi connectivity index (χ3v) is 4.15. The zero-order valence-corrected chi connectivity index (χ0v) is 12.3. The monoisotopic (exact) mass is 272 g/mol. The van der Waals surface area contributed by atoms with Gasteiger partial charge in [-0.3, -0.25) is 5.32 Å². The van der Waals surface area contributed by atoms with Crippen molar-refractivity contribution in [3.63, 3.8) is 0 Å². The molecule has 0 amide bonds. The van der Waals surface area contributed by atoms with Crippen molar-refractivity contribution in [3.8, 4) is 6.07 Å². The quantitative estimate of drug-likeness (QED) is 0.739. The Labute approximate surface area is 121 Å². The van der Waals surface area contributed by atoms with Crippen molar-refractivity contribution in [2.24, 2.45) is 5.92 Å². The molecule has 108 valence electrons. The summed E-state index contributed by atoms with van der Waals surface area (Å²) in [7, 11) is 0. The summed E-state index contributed by atoms with van der Waals surface area (Å²) in [5.41, 5.74) is 0.253. The molecule has 2 rings (SSSR count). The Balaban J connectivity index is 1.94. The lowest BCUT2D eigenvalue weighted by Gasteiger charge is -2.29. The van der Waals surface area contributed by atoms with Gasteiger partial charge in [0.1, 0.15) is 0 Å². The summed E-state index contributed by atoms with van der Waals surface area (Å²) < 4.78 is 5.82. The third-order valence-electron chi connectivity index (χ3n) is 4.15. The minimum Gasteiger partial charge on any atom is -0.378 e. The van der Waals surface area contributed by atoms with Crippen LogP contribution in [0.2, 0.25) is 0 Å². The average Bonchev–Trinajstić information content (AvgIpc) is 2.45. The molecule has 20 heavy (non-hydrogen) atoms. The van der Waals surface area contributed by atoms with E-state index in [1.807, 2.05) is 37.3 Å². The molecule has 1 aliphatic carbocycles. The fourth-order valence-corrected chi connectivity index (χ4v) is 2.65. The first-order chi connectivity index (χ1) is 9.80. The second-order valence-electron chi connectivity index (χ2n) is 5.55. The Hall–Kier alpha value is -1.37. The van der Waals surface area contributed by atoms with Gasteiger partial charge >= 0.3 is 0 Å². The summed E-state index contributed by atoms with van der Waals surface area (Å²) in [6.07, 6.45) is 5.19. The molecule has 0 radical (unpaired) electrons. The molecule has 3 heteroatoms. The van der Waals surface area contributed by atoms with E-state index in [-0.39, 0.29) is 0 Å². The minimum absolute atomic E-state index is 0.411. The zero-order valence-electron chi connectivity index (χ0n) is 12.3. The molecule has 1 atom stereocenters. The van der Waals surface area contributed by atoms with Gasteiger partial charge in [0.25, 0.3) is 0 Å². The summed E-state index contributed by atoms with van der Waals surface area (Å²) in [5, 5.41) is 12.9. The van der Waals surface area contributed by atoms with Crippen LogP contribution in [0.1, 0.15) is 38.2 Å². The van der Waals surface area contributed by atoms with Gasteiger partial charge < -0.3 is 4.74 Å². The smallest absolute Gasteiger partial charge is 0.155 e. The Morgan fingerprint density at radius 1 is 1.35 bits per heavy atom. The van der Waals surface area contributed by atoms with E-state index in [4.69, 9.17) is 4.74 Å². The second kappa shape index (κ2) is 7.42. The number of rotatable bonds is 8. The third kappa shape index (κ3) is 3.59. The molecular weight excluding hydrogens is 248 g/mol. The molecule has 0 heterocycles. The molecule has 1 fully saturated rings. The molecule has 1 aromatic rings. The van der Waals surface area contributed by atoms with Crippen LogP contribution in [0.15, 0.2) is 30.3 Å². The maximum absolute atomic E-state index is 9.63. The van der Waals surface area contributed by atoms with Crippen molar-refractivity contribution in [1.29, 1.82) is 5.26 Å². The molecule has 0 bridgehead atoms. The topological polar surface area (TPSA) is 45.0 Å². The average molecular weight is 272 g/mol. The summed E-state index contributed by atoms with van der Waals surface area (Å²) >= 11 is 0. The number of ether oxygens (including phenoxy) is 1. The molecular formula is C17H24N2O. The van der Waals surface area contributed by atoms with E-state index >= 15 is 0 Å². The Bertz CT molecular complexity index is 436. The number of nitriles is 1. The number of likely N-dealkylation sites (N-methyl/N-ethyl adjacent to an activating group) is 1. The molecule has 0 aliphatic heterocycles. The lowest BCUT2D eigenvalue weighted by atomic mass is 9.83. The maximum Gasteiger partial charge on any atom is 0.155 e. The van der Waals surface area contributed by atoms with Gasteiger partial charge in [0, 0.05) is 6.61 Å². The van der Waals surface area contributed by atoms with Crippen molar-refractivity contribution < 1.29 is 4.74 Å². The summed E-state index contributed by atoms with van der Waals surface area (Å²) in [6, 6.07) is 12.3. The van der Waals surface area contributed by atoms with E-state index in [1.165, 1.54) is 19.3 Å². The van der Waals surface area contributed by atoms with Crippen molar-refractivity contribution in [2.75, 3.05) is 19.8 Å². The number of nitrogens with zero attached hydrogens (tertiary/aromatic N) is 1. The largest absolute Gasteiger partial charge is 0.378 e. The highest BCUT2D eigenvalue weighted by Crippen LogP contribution is 2.29. The Morgan fingerprint density at radius 3 is 2.65 bits per heavy atom. The zero-order chi connectivity index (χ0) is 14.3. The molecule has 0 aromatic heterocycles. The highest BCUT2D eigenvalue weighted by molar-refractivity contribution is 5.31. The molecule has 3 nitrogen and oxygen atoms in total. The van der Waals surface area contributed by atoms with Gasteiger partial charge in [-0.25, -0.2) is 0 Å². The van der Waals surface area contributed by atoms with E-state index in [1.54, 1.807) is 0 Å². The minimum atomic E-state index is -0.727. The van der Waals surface area contributed by atoms with Gasteiger partial charge in [0.15, 0.2) is 5.54 Å². The highest BCUT2D eigenvalue weighted by Gasteiger charge is 2.31. The van der Waals surface area contributed by atoms with Crippen LogP contribution < -0.4 is 5.32 Å². The summed E-state index contributed by atoms with van der Waals surface area (Å²) in [6.45, 7) is 3.93. The van der Waals surface area contributed by atoms with Gasteiger partial charge in [-0.15, -0.1) is 0 Å². The second-order valence-corrected chi connectivity index (χ2v) is 5.55. The van der Waals surface area contributed by atoms with Crippen molar-refractivity contribution in [1.82, 2.24) is 5.32 Å². The summed E-state index contributed by atoms with van der Waals surface area (Å²) in [4.78, 5) is 0. The number of hydrogen-bond donors (Lipinski definition) is 1. The van der Waals surface area contributed by atoms with E-state index in [9.17, 15) is 5.26 Å². The maximum atomic E-state index is 9.63. The van der Waals surface area contributed by atoms with Crippen molar-refractivity contribution in [2.45, 2.75) is 38.1 Å². The lowest BCUT2D eigenvalue weighted by Crippen LogP contribution is -2.45. The van der Waals surface area contributed by atoms with Crippen LogP contribution in [0.3, 0.4) is 0 Å². The number of nitrogens with one attached hydrogen (secondary N) is 1. The first kappa shape index (κ1) is 15.0. The SMILES string of the molecule is CCNC(C#N)(COCCC1CCC1)c1ccccc1. The van der Waals surface area contributed by atoms with E-state index in [2.05, 4.69) is 11.4 Å². The van der Waals surface area contributed by atoms with Crippen molar-refractivity contribution in [3.05, 3.63) is 35.9 Å². The Morgan fingerprint density at radius 2 is 2.10 bits per heavy atom. The number of benzene rings is 1. The van der Waals surface area contributed by atoms with Crippen LogP contribution in [0.25, 0.3) is 0 Å². The first-order valence-electron chi connectivity index (χ1n) is 7.60. The standard InChI is InChI=1S/C17H24N2O/c1-2-19-17(13-18,16-9-4-3-5-10-16)14-20-12-11-15-7-6-8-15/h3-5,9-10,15,19H,2,6-8,11-12,14H2,1H3. The van der Waals surface area contributed by atoms with Crippen LogP contribution in [-0.4, -0.2) is 19.8 Å². The van der Waals surface area contributed by atoms with E-state index in [0.29, 0.717) is 6.61 Å². The van der Waals surface area contributed by atoms with Crippen LogP contribution >= 0.6 is 0 Å². The molecule has 1 saturated carbocycles. The van der Waals surface area contributed by atoms with Gasteiger partial charge in [-0.05, 0) is 24.4 Å². The van der Waals surface area contributed by atoms with Crippen LogP contribution in [0, 0.1) is 17.2 Å². The van der Waals surface area contributed by atoms with Gasteiger partial charge in [0.05, 0.1) is 12.7 Å². The van der Waals surface area contributed by atoms with Gasteiger partial charge in [0.2, 0.25) is 0 Å². The lowest BCUT2D eigenvalue weighted by molar-refractivity contribution is 0.0709. The van der Waals surface area contributed by atoms with Crippen LogP contribution in [0.4, 0.5) is 0 Å². The van der Waals surface area contributed by atoms with Gasteiger partial charge in [-0.1, -0.05) is 56.5 Å². The first-order valence-corrected chi connectivity index (χ1v) is 7.60. The molecule has 1 aromatic carbocycles. The highest BCUT2D eigenvalue weighted by atomic mass is 16.5. The van der Waals surface area contributed by atoms with Gasteiger partial charge in [-0.2, -0.15) is 5.26 Å². The molecule has 0 spiro atoms. The summed E-state index contributed by atoms with van der Waals surface area (Å²) in [5.74, 6) is 0.849. The van der Waals surface area contributed by atoms with Crippen LogP contribution in [-0.2, 0) is 10.3 Å². The normalized spacial score (nSPS) is 18.0. The number of hydrogen-bond acceptors (Lipinski definition) is 3. The molecule has 1 aliphatic rings. The molecule has 1 N–H and O–H groups in total. The van der Waals surface area contributed by atoms with E-state index < -0.39 is 5.54 Å². The predicted molar refractivity (Wildman–Crippen MR) is 80.2 cm³/mol. The molecule has 1 unspecified atom stereocenters. The van der Waals surface area contributed by atoms with E-state index in [0.717, 1.165) is 31.1 Å².